The van der Waals surface area contributed by atoms with Gasteiger partial charge in [-0.05, 0) is 54.8 Å². The molecule has 1 amide bonds. The molecule has 0 aromatic heterocycles. The summed E-state index contributed by atoms with van der Waals surface area (Å²) in [5.41, 5.74) is 3.46. The van der Waals surface area contributed by atoms with Crippen molar-refractivity contribution in [1.29, 1.82) is 0 Å². The van der Waals surface area contributed by atoms with E-state index in [0.29, 0.717) is 6.42 Å². The Morgan fingerprint density at radius 1 is 1.10 bits per heavy atom. The molecule has 6 heteroatoms. The number of hydrogen-bond donors (Lipinski definition) is 2. The SMILES string of the molecule is COc1ccc(CC(=O)N[C@@H]2c3ccccc3C3(CCNCC3)[C@H]2OC)cc1.Cl. The minimum absolute atomic E-state index is 0. The first-order valence-corrected chi connectivity index (χ1v) is 9.93. The monoisotopic (exact) mass is 416 g/mol. The molecule has 1 fully saturated rings. The highest BCUT2D eigenvalue weighted by Gasteiger charge is 2.53. The van der Waals surface area contributed by atoms with Gasteiger partial charge in [-0.25, -0.2) is 0 Å². The summed E-state index contributed by atoms with van der Waals surface area (Å²) in [4.78, 5) is 12.9. The number of carbonyl (C=O) groups is 1. The third-order valence-electron chi connectivity index (χ3n) is 6.27. The minimum Gasteiger partial charge on any atom is -0.497 e. The lowest BCUT2D eigenvalue weighted by Crippen LogP contribution is -2.49. The van der Waals surface area contributed by atoms with E-state index in [0.717, 1.165) is 37.2 Å². The van der Waals surface area contributed by atoms with Gasteiger partial charge < -0.3 is 20.1 Å². The maximum atomic E-state index is 12.9. The van der Waals surface area contributed by atoms with Crippen molar-refractivity contribution in [2.75, 3.05) is 27.3 Å². The predicted molar refractivity (Wildman–Crippen MR) is 116 cm³/mol. The number of carbonyl (C=O) groups excluding carboxylic acids is 1. The second kappa shape index (κ2) is 9.16. The highest BCUT2D eigenvalue weighted by atomic mass is 35.5. The van der Waals surface area contributed by atoms with Crippen molar-refractivity contribution in [2.24, 2.45) is 0 Å². The summed E-state index contributed by atoms with van der Waals surface area (Å²) in [5, 5.41) is 6.72. The number of amides is 1. The number of piperidine rings is 1. The van der Waals surface area contributed by atoms with Gasteiger partial charge in [0.05, 0.1) is 25.7 Å². The molecule has 2 aliphatic rings. The third kappa shape index (κ3) is 4.00. The zero-order valence-electron chi connectivity index (χ0n) is 16.9. The van der Waals surface area contributed by atoms with Gasteiger partial charge in [-0.2, -0.15) is 0 Å². The van der Waals surface area contributed by atoms with Crippen molar-refractivity contribution in [3.05, 3.63) is 65.2 Å². The highest BCUT2D eigenvalue weighted by molar-refractivity contribution is 5.85. The molecule has 29 heavy (non-hydrogen) atoms. The Morgan fingerprint density at radius 2 is 1.79 bits per heavy atom. The predicted octanol–water partition coefficient (Wildman–Crippen LogP) is 3.17. The molecule has 0 radical (unpaired) electrons. The molecule has 0 bridgehead atoms. The van der Waals surface area contributed by atoms with Gasteiger partial charge >= 0.3 is 0 Å². The molecule has 2 N–H and O–H groups in total. The zero-order valence-corrected chi connectivity index (χ0v) is 17.8. The van der Waals surface area contributed by atoms with Crippen LogP contribution in [0.2, 0.25) is 0 Å². The van der Waals surface area contributed by atoms with Crippen molar-refractivity contribution in [3.63, 3.8) is 0 Å². The Hall–Kier alpha value is -2.08. The molecule has 5 nitrogen and oxygen atoms in total. The number of halogens is 1. The topological polar surface area (TPSA) is 59.6 Å². The number of benzene rings is 2. The molecule has 1 saturated heterocycles. The molecule has 1 aliphatic heterocycles. The molecular formula is C23H29ClN2O3. The van der Waals surface area contributed by atoms with Crippen LogP contribution < -0.4 is 15.4 Å². The van der Waals surface area contributed by atoms with Crippen LogP contribution >= 0.6 is 12.4 Å². The minimum atomic E-state index is -0.120. The van der Waals surface area contributed by atoms with Crippen molar-refractivity contribution >= 4 is 18.3 Å². The number of fused-ring (bicyclic) bond motifs is 2. The summed E-state index contributed by atoms with van der Waals surface area (Å²) in [7, 11) is 3.41. The molecule has 0 saturated carbocycles. The summed E-state index contributed by atoms with van der Waals surface area (Å²) >= 11 is 0. The Labute approximate surface area is 178 Å². The Morgan fingerprint density at radius 3 is 2.45 bits per heavy atom. The molecule has 0 unspecified atom stereocenters. The molecule has 4 rings (SSSR count). The van der Waals surface area contributed by atoms with E-state index in [9.17, 15) is 4.79 Å². The molecule has 2 aromatic carbocycles. The van der Waals surface area contributed by atoms with Gasteiger partial charge in [0.15, 0.2) is 0 Å². The molecule has 1 heterocycles. The van der Waals surface area contributed by atoms with Crippen molar-refractivity contribution in [3.8, 4) is 5.75 Å². The first kappa shape index (κ1) is 21.6. The molecule has 1 spiro atoms. The molecule has 156 valence electrons. The second-order valence-electron chi connectivity index (χ2n) is 7.72. The summed E-state index contributed by atoms with van der Waals surface area (Å²) in [6.45, 7) is 1.95. The van der Waals surface area contributed by atoms with Crippen LogP contribution in [0, 0.1) is 0 Å². The fourth-order valence-electron chi connectivity index (χ4n) is 4.95. The first-order valence-electron chi connectivity index (χ1n) is 9.93. The number of rotatable bonds is 5. The molecule has 2 atom stereocenters. The van der Waals surface area contributed by atoms with Crippen LogP contribution in [-0.2, 0) is 21.4 Å². The summed E-state index contributed by atoms with van der Waals surface area (Å²) in [5.74, 6) is 0.805. The average molecular weight is 417 g/mol. The van der Waals surface area contributed by atoms with Gasteiger partial charge in [0.1, 0.15) is 5.75 Å². The van der Waals surface area contributed by atoms with E-state index >= 15 is 0 Å². The Kier molecular flexibility index (Phi) is 6.83. The van der Waals surface area contributed by atoms with Gasteiger partial charge in [-0.15, -0.1) is 12.4 Å². The maximum Gasteiger partial charge on any atom is 0.224 e. The van der Waals surface area contributed by atoms with Gasteiger partial charge in [0, 0.05) is 12.5 Å². The lowest BCUT2D eigenvalue weighted by molar-refractivity contribution is -0.122. The summed E-state index contributed by atoms with van der Waals surface area (Å²) in [6.07, 6.45) is 2.33. The maximum absolute atomic E-state index is 12.9. The van der Waals surface area contributed by atoms with Crippen LogP contribution in [0.25, 0.3) is 0 Å². The smallest absolute Gasteiger partial charge is 0.224 e. The fourth-order valence-corrected chi connectivity index (χ4v) is 4.95. The Bertz CT molecular complexity index is 834. The van der Waals surface area contributed by atoms with E-state index in [1.165, 1.54) is 11.1 Å². The van der Waals surface area contributed by atoms with Gasteiger partial charge in [0.2, 0.25) is 5.91 Å². The van der Waals surface area contributed by atoms with Gasteiger partial charge in [0.25, 0.3) is 0 Å². The van der Waals surface area contributed by atoms with Crippen LogP contribution in [-0.4, -0.2) is 39.3 Å². The number of methoxy groups -OCH3 is 2. The number of hydrogen-bond acceptors (Lipinski definition) is 4. The van der Waals surface area contributed by atoms with E-state index in [4.69, 9.17) is 9.47 Å². The van der Waals surface area contributed by atoms with Crippen LogP contribution in [0.15, 0.2) is 48.5 Å². The van der Waals surface area contributed by atoms with Crippen molar-refractivity contribution in [2.45, 2.75) is 36.8 Å². The van der Waals surface area contributed by atoms with E-state index in [2.05, 4.69) is 28.8 Å². The van der Waals surface area contributed by atoms with Crippen LogP contribution in [0.4, 0.5) is 0 Å². The summed E-state index contributed by atoms with van der Waals surface area (Å²) < 4.78 is 11.2. The highest BCUT2D eigenvalue weighted by Crippen LogP contribution is 2.51. The normalized spacial score (nSPS) is 21.9. The zero-order chi connectivity index (χ0) is 19.6. The molecule has 1 aliphatic carbocycles. The Balaban J connectivity index is 0.00000240. The van der Waals surface area contributed by atoms with Gasteiger partial charge in [-0.3, -0.25) is 4.79 Å². The van der Waals surface area contributed by atoms with Crippen LogP contribution in [0.3, 0.4) is 0 Å². The standard InChI is InChI=1S/C23H28N2O3.ClH/c1-27-17-9-7-16(8-10-17)15-20(26)25-21-18-5-3-4-6-19(18)23(22(21)28-2)11-13-24-14-12-23;/h3-10,21-22,24H,11-15H2,1-2H3,(H,25,26);1H/t21-,22+;/m1./s1. The van der Waals surface area contributed by atoms with E-state index in [1.807, 2.05) is 30.3 Å². The van der Waals surface area contributed by atoms with Crippen molar-refractivity contribution in [1.82, 2.24) is 10.6 Å². The summed E-state index contributed by atoms with van der Waals surface area (Å²) in [6, 6.07) is 16.0. The van der Waals surface area contributed by atoms with Gasteiger partial charge in [-0.1, -0.05) is 36.4 Å². The lowest BCUT2D eigenvalue weighted by atomic mass is 9.72. The fraction of sp³-hybridized carbons (Fsp3) is 0.435. The number of ether oxygens (including phenoxy) is 2. The van der Waals surface area contributed by atoms with Crippen LogP contribution in [0.1, 0.15) is 35.6 Å². The van der Waals surface area contributed by atoms with E-state index in [-0.39, 0.29) is 35.9 Å². The second-order valence-corrected chi connectivity index (χ2v) is 7.72. The average Bonchev–Trinajstić information content (AvgIpc) is 2.98. The quantitative estimate of drug-likeness (QED) is 0.786. The van der Waals surface area contributed by atoms with Crippen molar-refractivity contribution < 1.29 is 14.3 Å². The molecule has 2 aromatic rings. The van der Waals surface area contributed by atoms with E-state index in [1.54, 1.807) is 14.2 Å². The lowest BCUT2D eigenvalue weighted by Gasteiger charge is -2.40. The molecular weight excluding hydrogens is 388 g/mol. The van der Waals surface area contributed by atoms with E-state index < -0.39 is 0 Å². The first-order chi connectivity index (χ1) is 13.7. The third-order valence-corrected chi connectivity index (χ3v) is 6.27. The number of nitrogens with one attached hydrogen (secondary N) is 2. The largest absolute Gasteiger partial charge is 0.497 e. The van der Waals surface area contributed by atoms with Crippen LogP contribution in [0.5, 0.6) is 5.75 Å².